The molecule has 0 aromatic heterocycles. The second-order valence-electron chi connectivity index (χ2n) is 3.94. The van der Waals surface area contributed by atoms with Crippen molar-refractivity contribution in [3.05, 3.63) is 0 Å². The Morgan fingerprint density at radius 1 is 1.38 bits per heavy atom. The Labute approximate surface area is 77.9 Å². The molecule has 0 amide bonds. The molecular formula is C9H16N2O2. The second kappa shape index (κ2) is 3.64. The van der Waals surface area contributed by atoms with E-state index in [1.807, 2.05) is 0 Å². The first-order chi connectivity index (χ1) is 6.27. The van der Waals surface area contributed by atoms with Crippen molar-refractivity contribution in [3.63, 3.8) is 0 Å². The van der Waals surface area contributed by atoms with Crippen molar-refractivity contribution in [2.45, 2.75) is 31.3 Å². The fourth-order valence-corrected chi connectivity index (χ4v) is 2.50. The summed E-state index contributed by atoms with van der Waals surface area (Å²) in [5.41, 5.74) is 0. The van der Waals surface area contributed by atoms with Crippen LogP contribution in [0.5, 0.6) is 0 Å². The smallest absolute Gasteiger partial charge is 0.317 e. The Hall–Kier alpha value is -0.610. The monoisotopic (exact) mass is 184 g/mol. The van der Waals surface area contributed by atoms with Gasteiger partial charge in [0.05, 0.1) is 6.54 Å². The average molecular weight is 184 g/mol. The maximum atomic E-state index is 10.6. The van der Waals surface area contributed by atoms with Crippen LogP contribution in [0.25, 0.3) is 0 Å². The minimum Gasteiger partial charge on any atom is -0.480 e. The quantitative estimate of drug-likeness (QED) is 0.629. The third-order valence-corrected chi connectivity index (χ3v) is 3.12. The zero-order valence-electron chi connectivity index (χ0n) is 7.70. The maximum Gasteiger partial charge on any atom is 0.317 e. The molecule has 2 N–H and O–H groups in total. The zero-order valence-corrected chi connectivity index (χ0v) is 7.70. The molecule has 2 atom stereocenters. The Kier molecular flexibility index (Phi) is 2.51. The molecule has 0 saturated carbocycles. The predicted molar refractivity (Wildman–Crippen MR) is 48.6 cm³/mol. The van der Waals surface area contributed by atoms with Crippen LogP contribution in [0.1, 0.15) is 19.3 Å². The van der Waals surface area contributed by atoms with Gasteiger partial charge in [-0.3, -0.25) is 9.69 Å². The number of rotatable bonds is 2. The van der Waals surface area contributed by atoms with Gasteiger partial charge in [-0.05, 0) is 25.8 Å². The van der Waals surface area contributed by atoms with Gasteiger partial charge in [0.1, 0.15) is 0 Å². The molecule has 13 heavy (non-hydrogen) atoms. The number of carboxylic acid groups (broad SMARTS) is 1. The van der Waals surface area contributed by atoms with Crippen LogP contribution in [-0.2, 0) is 4.79 Å². The summed E-state index contributed by atoms with van der Waals surface area (Å²) in [5.74, 6) is -0.696. The highest BCUT2D eigenvalue weighted by Crippen LogP contribution is 2.27. The lowest BCUT2D eigenvalue weighted by atomic mass is 10.1. The van der Waals surface area contributed by atoms with Gasteiger partial charge in [0.25, 0.3) is 0 Å². The molecule has 2 unspecified atom stereocenters. The van der Waals surface area contributed by atoms with E-state index < -0.39 is 5.97 Å². The van der Waals surface area contributed by atoms with E-state index in [-0.39, 0.29) is 6.54 Å². The highest BCUT2D eigenvalue weighted by atomic mass is 16.4. The van der Waals surface area contributed by atoms with Crippen molar-refractivity contribution in [2.75, 3.05) is 19.6 Å². The number of hydrogen-bond acceptors (Lipinski definition) is 3. The third-order valence-electron chi connectivity index (χ3n) is 3.12. The summed E-state index contributed by atoms with van der Waals surface area (Å²) < 4.78 is 0. The summed E-state index contributed by atoms with van der Waals surface area (Å²) in [6.07, 6.45) is 3.44. The van der Waals surface area contributed by atoms with Gasteiger partial charge in [0, 0.05) is 18.6 Å². The Bertz CT molecular complexity index is 194. The van der Waals surface area contributed by atoms with E-state index in [9.17, 15) is 4.79 Å². The van der Waals surface area contributed by atoms with Gasteiger partial charge in [-0.2, -0.15) is 0 Å². The normalized spacial score (nSPS) is 34.5. The van der Waals surface area contributed by atoms with Gasteiger partial charge in [-0.1, -0.05) is 0 Å². The van der Waals surface area contributed by atoms with Crippen molar-refractivity contribution in [1.29, 1.82) is 0 Å². The molecule has 2 aliphatic rings. The standard InChI is InChI=1S/C9H16N2O2/c12-9(13)6-11-7-1-2-8(11)5-10-4-3-7/h7-8,10H,1-6H2,(H,12,13). The largest absolute Gasteiger partial charge is 0.480 e. The number of carbonyl (C=O) groups is 1. The molecule has 0 aliphatic carbocycles. The van der Waals surface area contributed by atoms with Crippen molar-refractivity contribution >= 4 is 5.97 Å². The maximum absolute atomic E-state index is 10.6. The number of aliphatic carboxylic acids is 1. The van der Waals surface area contributed by atoms with Crippen LogP contribution in [0.3, 0.4) is 0 Å². The summed E-state index contributed by atoms with van der Waals surface area (Å²) in [4.78, 5) is 12.8. The van der Waals surface area contributed by atoms with Gasteiger partial charge in [-0.25, -0.2) is 0 Å². The summed E-state index contributed by atoms with van der Waals surface area (Å²) in [6.45, 7) is 2.22. The molecular weight excluding hydrogens is 168 g/mol. The first kappa shape index (κ1) is 8.97. The Morgan fingerprint density at radius 2 is 2.15 bits per heavy atom. The molecule has 2 saturated heterocycles. The van der Waals surface area contributed by atoms with Gasteiger partial charge in [0.15, 0.2) is 0 Å². The van der Waals surface area contributed by atoms with Crippen LogP contribution in [0.4, 0.5) is 0 Å². The number of hydrogen-bond donors (Lipinski definition) is 2. The first-order valence-corrected chi connectivity index (χ1v) is 4.95. The molecule has 4 heteroatoms. The van der Waals surface area contributed by atoms with Gasteiger partial charge in [-0.15, -0.1) is 0 Å². The van der Waals surface area contributed by atoms with Crippen molar-refractivity contribution in [1.82, 2.24) is 10.2 Å². The van der Waals surface area contributed by atoms with Crippen LogP contribution in [0, 0.1) is 0 Å². The summed E-state index contributed by atoms with van der Waals surface area (Å²) in [7, 11) is 0. The highest BCUT2D eigenvalue weighted by Gasteiger charge is 2.35. The number of fused-ring (bicyclic) bond motifs is 2. The second-order valence-corrected chi connectivity index (χ2v) is 3.94. The summed E-state index contributed by atoms with van der Waals surface area (Å²) in [5, 5.41) is 12.1. The number of nitrogens with one attached hydrogen (secondary N) is 1. The number of nitrogens with zero attached hydrogens (tertiary/aromatic N) is 1. The molecule has 2 heterocycles. The Morgan fingerprint density at radius 3 is 2.92 bits per heavy atom. The Balaban J connectivity index is 2.03. The molecule has 0 spiro atoms. The molecule has 0 aromatic rings. The van der Waals surface area contributed by atoms with E-state index in [2.05, 4.69) is 10.2 Å². The molecule has 74 valence electrons. The van der Waals surface area contributed by atoms with Crippen molar-refractivity contribution in [3.8, 4) is 0 Å². The highest BCUT2D eigenvalue weighted by molar-refractivity contribution is 5.69. The predicted octanol–water partition coefficient (Wildman–Crippen LogP) is -0.103. The van der Waals surface area contributed by atoms with Crippen LogP contribution in [-0.4, -0.2) is 47.7 Å². The van der Waals surface area contributed by atoms with Crippen LogP contribution >= 0.6 is 0 Å². The topological polar surface area (TPSA) is 52.6 Å². The van der Waals surface area contributed by atoms with E-state index in [1.165, 1.54) is 6.42 Å². The summed E-state index contributed by atoms with van der Waals surface area (Å²) >= 11 is 0. The first-order valence-electron chi connectivity index (χ1n) is 4.95. The van der Waals surface area contributed by atoms with Gasteiger partial charge >= 0.3 is 5.97 Å². The number of carboxylic acids is 1. The van der Waals surface area contributed by atoms with Crippen molar-refractivity contribution in [2.24, 2.45) is 0 Å². The lowest BCUT2D eigenvalue weighted by Crippen LogP contribution is -2.41. The fourth-order valence-electron chi connectivity index (χ4n) is 2.50. The average Bonchev–Trinajstić information content (AvgIpc) is 2.24. The fraction of sp³-hybridized carbons (Fsp3) is 0.889. The third kappa shape index (κ3) is 1.84. The van der Waals surface area contributed by atoms with E-state index in [0.29, 0.717) is 12.1 Å². The van der Waals surface area contributed by atoms with E-state index in [1.54, 1.807) is 0 Å². The SMILES string of the molecule is O=C(O)CN1C2CCNCC1CC2. The van der Waals surface area contributed by atoms with Crippen LogP contribution in [0.2, 0.25) is 0 Å². The molecule has 2 fully saturated rings. The van der Waals surface area contributed by atoms with E-state index >= 15 is 0 Å². The minimum atomic E-state index is -0.696. The lowest BCUT2D eigenvalue weighted by molar-refractivity contribution is -0.139. The molecule has 0 radical (unpaired) electrons. The molecule has 0 aromatic carbocycles. The van der Waals surface area contributed by atoms with Gasteiger partial charge < -0.3 is 10.4 Å². The minimum absolute atomic E-state index is 0.219. The van der Waals surface area contributed by atoms with Gasteiger partial charge in [0.2, 0.25) is 0 Å². The zero-order chi connectivity index (χ0) is 9.26. The molecule has 4 nitrogen and oxygen atoms in total. The van der Waals surface area contributed by atoms with Crippen molar-refractivity contribution < 1.29 is 9.90 Å². The van der Waals surface area contributed by atoms with E-state index in [4.69, 9.17) is 5.11 Å². The molecule has 2 rings (SSSR count). The van der Waals surface area contributed by atoms with Crippen LogP contribution < -0.4 is 5.32 Å². The lowest BCUT2D eigenvalue weighted by Gasteiger charge is -2.25. The summed E-state index contributed by atoms with van der Waals surface area (Å²) in [6, 6.07) is 0.972. The molecule has 2 bridgehead atoms. The molecule has 2 aliphatic heterocycles. The van der Waals surface area contributed by atoms with E-state index in [0.717, 1.165) is 25.9 Å². The van der Waals surface area contributed by atoms with Crippen LogP contribution in [0.15, 0.2) is 0 Å².